The molecule has 2 N–H and O–H groups in total. The summed E-state index contributed by atoms with van der Waals surface area (Å²) in [6.07, 6.45) is 0. The highest BCUT2D eigenvalue weighted by Gasteiger charge is 2.18. The lowest BCUT2D eigenvalue weighted by Crippen LogP contribution is -2.16. The topological polar surface area (TPSA) is 88.5 Å². The third-order valence-corrected chi connectivity index (χ3v) is 4.40. The Bertz CT molecular complexity index is 949. The molecular weight excluding hydrogens is 328 g/mol. The molecule has 0 saturated heterocycles. The molecule has 0 aliphatic heterocycles. The van der Waals surface area contributed by atoms with Gasteiger partial charge in [-0.1, -0.05) is 23.0 Å². The molecular formula is C17H14N2O4S. The van der Waals surface area contributed by atoms with Crippen molar-refractivity contribution in [2.45, 2.75) is 6.92 Å². The van der Waals surface area contributed by atoms with E-state index in [1.165, 1.54) is 17.4 Å². The minimum Gasteiger partial charge on any atom is -0.497 e. The number of nitrogens with zero attached hydrogens (tertiary/aromatic N) is 1. The van der Waals surface area contributed by atoms with Crippen molar-refractivity contribution in [1.82, 2.24) is 4.98 Å². The molecule has 1 aromatic heterocycles. The zero-order chi connectivity index (χ0) is 17.3. The molecule has 3 aromatic rings. The number of anilines is 1. The Morgan fingerprint density at radius 1 is 1.17 bits per heavy atom. The molecule has 0 fully saturated rings. The molecule has 3 rings (SSSR count). The summed E-state index contributed by atoms with van der Waals surface area (Å²) < 4.78 is 6.03. The van der Waals surface area contributed by atoms with Gasteiger partial charge >= 0.3 is 5.97 Å². The number of hydrogen-bond acceptors (Lipinski definition) is 5. The van der Waals surface area contributed by atoms with Gasteiger partial charge < -0.3 is 9.84 Å². The number of fused-ring (bicyclic) bond motifs is 1. The molecule has 0 radical (unpaired) electrons. The molecule has 6 nitrogen and oxygen atoms in total. The number of hydrogen-bond donors (Lipinski definition) is 2. The van der Waals surface area contributed by atoms with Crippen LogP contribution in [0, 0.1) is 6.92 Å². The summed E-state index contributed by atoms with van der Waals surface area (Å²) in [4.78, 5) is 28.1. The highest BCUT2D eigenvalue weighted by atomic mass is 32.1. The molecule has 0 bridgehead atoms. The van der Waals surface area contributed by atoms with E-state index >= 15 is 0 Å². The Morgan fingerprint density at radius 3 is 2.67 bits per heavy atom. The molecule has 0 aliphatic carbocycles. The van der Waals surface area contributed by atoms with Gasteiger partial charge in [0.15, 0.2) is 5.13 Å². The normalized spacial score (nSPS) is 10.6. The number of thiazole rings is 1. The number of rotatable bonds is 4. The summed E-state index contributed by atoms with van der Waals surface area (Å²) in [5.74, 6) is -0.938. The van der Waals surface area contributed by atoms with E-state index in [0.29, 0.717) is 10.9 Å². The van der Waals surface area contributed by atoms with E-state index in [4.69, 9.17) is 4.74 Å². The number of aromatic nitrogens is 1. The fourth-order valence-corrected chi connectivity index (χ4v) is 3.17. The average molecular weight is 342 g/mol. The van der Waals surface area contributed by atoms with Crippen LogP contribution in [0.15, 0.2) is 36.4 Å². The van der Waals surface area contributed by atoms with E-state index in [1.54, 1.807) is 38.3 Å². The third kappa shape index (κ3) is 3.07. The van der Waals surface area contributed by atoms with Crippen molar-refractivity contribution in [3.05, 3.63) is 53.1 Å². The highest BCUT2D eigenvalue weighted by Crippen LogP contribution is 2.29. The smallest absolute Gasteiger partial charge is 0.336 e. The Labute approximate surface area is 141 Å². The Balaban J connectivity index is 1.92. The van der Waals surface area contributed by atoms with Gasteiger partial charge in [0.1, 0.15) is 5.75 Å². The monoisotopic (exact) mass is 342 g/mol. The molecule has 1 amide bonds. The van der Waals surface area contributed by atoms with Crippen LogP contribution in [0.1, 0.15) is 26.3 Å². The quantitative estimate of drug-likeness (QED) is 0.757. The molecule has 0 aliphatic rings. The summed E-state index contributed by atoms with van der Waals surface area (Å²) in [6, 6.07) is 10.1. The SMILES string of the molecule is COc1ccc2nc(NC(=O)c3cc(C)ccc3C(=O)O)sc2c1. The second-order valence-corrected chi connectivity index (χ2v) is 6.19. The number of amides is 1. The van der Waals surface area contributed by atoms with Crippen LogP contribution >= 0.6 is 11.3 Å². The first kappa shape index (κ1) is 15.9. The maximum atomic E-state index is 12.5. The van der Waals surface area contributed by atoms with Crippen LogP contribution in [-0.2, 0) is 0 Å². The van der Waals surface area contributed by atoms with Crippen molar-refractivity contribution in [3.63, 3.8) is 0 Å². The number of ether oxygens (including phenoxy) is 1. The summed E-state index contributed by atoms with van der Waals surface area (Å²) in [6.45, 7) is 1.80. The number of benzene rings is 2. The molecule has 0 spiro atoms. The van der Waals surface area contributed by atoms with Gasteiger partial charge in [-0.05, 0) is 37.3 Å². The van der Waals surface area contributed by atoms with Crippen LogP contribution in [0.5, 0.6) is 5.75 Å². The first-order valence-corrected chi connectivity index (χ1v) is 7.89. The number of carbonyl (C=O) groups is 2. The lowest BCUT2D eigenvalue weighted by molar-refractivity contribution is 0.0692. The predicted molar refractivity (Wildman–Crippen MR) is 92.3 cm³/mol. The maximum Gasteiger partial charge on any atom is 0.336 e. The van der Waals surface area contributed by atoms with Gasteiger partial charge in [-0.25, -0.2) is 9.78 Å². The molecule has 0 unspecified atom stereocenters. The third-order valence-electron chi connectivity index (χ3n) is 3.47. The van der Waals surface area contributed by atoms with Gasteiger partial charge in [0, 0.05) is 0 Å². The van der Waals surface area contributed by atoms with Gasteiger partial charge in [0.2, 0.25) is 0 Å². The summed E-state index contributed by atoms with van der Waals surface area (Å²) in [5.41, 5.74) is 1.61. The van der Waals surface area contributed by atoms with Crippen molar-refractivity contribution in [2.75, 3.05) is 12.4 Å². The standard InChI is InChI=1S/C17H14N2O4S/c1-9-3-5-11(16(21)22)12(7-9)15(20)19-17-18-13-6-4-10(23-2)8-14(13)24-17/h3-8H,1-2H3,(H,21,22)(H,18,19,20). The molecule has 0 saturated carbocycles. The van der Waals surface area contributed by atoms with Gasteiger partial charge in [0.25, 0.3) is 5.91 Å². The number of nitrogens with one attached hydrogen (secondary N) is 1. The van der Waals surface area contributed by atoms with Crippen molar-refractivity contribution < 1.29 is 19.4 Å². The zero-order valence-electron chi connectivity index (χ0n) is 13.0. The van der Waals surface area contributed by atoms with Gasteiger partial charge in [-0.15, -0.1) is 0 Å². The lowest BCUT2D eigenvalue weighted by atomic mass is 10.0. The van der Waals surface area contributed by atoms with Crippen LogP contribution in [0.2, 0.25) is 0 Å². The predicted octanol–water partition coefficient (Wildman–Crippen LogP) is 3.56. The minimum atomic E-state index is -1.14. The summed E-state index contributed by atoms with van der Waals surface area (Å²) in [7, 11) is 1.58. The highest BCUT2D eigenvalue weighted by molar-refractivity contribution is 7.22. The maximum absolute atomic E-state index is 12.5. The molecule has 7 heteroatoms. The largest absolute Gasteiger partial charge is 0.497 e. The van der Waals surface area contributed by atoms with E-state index in [2.05, 4.69) is 10.3 Å². The number of carbonyl (C=O) groups excluding carboxylic acids is 1. The fraction of sp³-hybridized carbons (Fsp3) is 0.118. The van der Waals surface area contributed by atoms with Gasteiger partial charge in [-0.3, -0.25) is 10.1 Å². The average Bonchev–Trinajstić information content (AvgIpc) is 2.95. The number of carboxylic acid groups (broad SMARTS) is 1. The van der Waals surface area contributed by atoms with Gasteiger partial charge in [-0.2, -0.15) is 0 Å². The second kappa shape index (κ2) is 6.29. The summed E-state index contributed by atoms with van der Waals surface area (Å²) in [5, 5.41) is 12.3. The van der Waals surface area contributed by atoms with E-state index in [0.717, 1.165) is 15.8 Å². The number of aromatic carboxylic acids is 1. The van der Waals surface area contributed by atoms with Crippen molar-refractivity contribution in [1.29, 1.82) is 0 Å². The van der Waals surface area contributed by atoms with Crippen LogP contribution < -0.4 is 10.1 Å². The summed E-state index contributed by atoms with van der Waals surface area (Å²) >= 11 is 1.30. The molecule has 24 heavy (non-hydrogen) atoms. The number of methoxy groups -OCH3 is 1. The molecule has 1 heterocycles. The van der Waals surface area contributed by atoms with Crippen molar-refractivity contribution in [2.24, 2.45) is 0 Å². The Hall–Kier alpha value is -2.93. The van der Waals surface area contributed by atoms with Crippen molar-refractivity contribution in [3.8, 4) is 5.75 Å². The lowest BCUT2D eigenvalue weighted by Gasteiger charge is -2.06. The van der Waals surface area contributed by atoms with E-state index in [1.807, 2.05) is 6.07 Å². The van der Waals surface area contributed by atoms with Crippen LogP contribution in [-0.4, -0.2) is 29.1 Å². The second-order valence-electron chi connectivity index (χ2n) is 5.16. The van der Waals surface area contributed by atoms with Crippen LogP contribution in [0.3, 0.4) is 0 Å². The number of aryl methyl sites for hydroxylation is 1. The van der Waals surface area contributed by atoms with E-state index in [9.17, 15) is 14.7 Å². The molecule has 122 valence electrons. The fourth-order valence-electron chi connectivity index (χ4n) is 2.28. The van der Waals surface area contributed by atoms with Crippen LogP contribution in [0.4, 0.5) is 5.13 Å². The van der Waals surface area contributed by atoms with Crippen molar-refractivity contribution >= 4 is 38.6 Å². The van der Waals surface area contributed by atoms with E-state index < -0.39 is 11.9 Å². The Kier molecular flexibility index (Phi) is 4.18. The number of carboxylic acids is 1. The first-order valence-electron chi connectivity index (χ1n) is 7.08. The zero-order valence-corrected chi connectivity index (χ0v) is 13.8. The molecule has 2 aromatic carbocycles. The van der Waals surface area contributed by atoms with Gasteiger partial charge in [0.05, 0.1) is 28.5 Å². The van der Waals surface area contributed by atoms with E-state index in [-0.39, 0.29) is 11.1 Å². The minimum absolute atomic E-state index is 0.0409. The first-order chi connectivity index (χ1) is 11.5. The van der Waals surface area contributed by atoms with Crippen LogP contribution in [0.25, 0.3) is 10.2 Å². The Morgan fingerprint density at radius 2 is 1.96 bits per heavy atom. The molecule has 0 atom stereocenters.